The molecule has 0 radical (unpaired) electrons. The van der Waals surface area contributed by atoms with E-state index in [0.717, 1.165) is 18.0 Å². The molecule has 1 unspecified atom stereocenters. The third-order valence-electron chi connectivity index (χ3n) is 2.98. The zero-order valence-electron chi connectivity index (χ0n) is 9.93. The van der Waals surface area contributed by atoms with Crippen molar-refractivity contribution in [1.29, 1.82) is 0 Å². The summed E-state index contributed by atoms with van der Waals surface area (Å²) in [7, 11) is 1.61. The zero-order chi connectivity index (χ0) is 12.3. The molecule has 0 amide bonds. The number of methoxy groups -OCH3 is 1. The number of aliphatic hydroxyl groups is 1. The van der Waals surface area contributed by atoms with Crippen LogP contribution in [0.3, 0.4) is 0 Å². The Bertz CT molecular complexity index is 384. The lowest BCUT2D eigenvalue weighted by atomic mass is 10.1. The van der Waals surface area contributed by atoms with Gasteiger partial charge in [0.25, 0.3) is 0 Å². The minimum atomic E-state index is -0.0283. The number of benzene rings is 1. The fraction of sp³-hybridized carbons (Fsp3) is 0.500. The average Bonchev–Trinajstić information content (AvgIpc) is 2.38. The smallest absolute Gasteiger partial charge is 0.121 e. The second kappa shape index (κ2) is 5.25. The Morgan fingerprint density at radius 2 is 2.41 bits per heavy atom. The first-order chi connectivity index (χ1) is 8.26. The fourth-order valence-corrected chi connectivity index (χ4v) is 2.04. The van der Waals surface area contributed by atoms with E-state index < -0.39 is 0 Å². The molecule has 1 aromatic rings. The van der Waals surface area contributed by atoms with Gasteiger partial charge in [0.15, 0.2) is 0 Å². The largest absolute Gasteiger partial charge is 0.497 e. The monoisotopic (exact) mass is 238 g/mol. The second-order valence-corrected chi connectivity index (χ2v) is 4.03. The first kappa shape index (κ1) is 12.0. The Hall–Kier alpha value is -1.46. The van der Waals surface area contributed by atoms with Crippen LogP contribution in [0.4, 0.5) is 11.4 Å². The molecule has 5 nitrogen and oxygen atoms in total. The Labute approximate surface area is 101 Å². The molecule has 0 bridgehead atoms. The summed E-state index contributed by atoms with van der Waals surface area (Å²) in [5.74, 6) is 0.736. The van der Waals surface area contributed by atoms with Crippen molar-refractivity contribution in [2.24, 2.45) is 0 Å². The molecule has 1 atom stereocenters. The third kappa shape index (κ3) is 2.45. The Morgan fingerprint density at radius 1 is 1.59 bits per heavy atom. The lowest BCUT2D eigenvalue weighted by Crippen LogP contribution is -2.47. The molecule has 0 spiro atoms. The standard InChI is InChI=1S/C12H18N2O3/c1-16-10-2-3-12(11(13)6-10)14-4-5-17-8-9(14)7-15/h2-3,6,9,15H,4-5,7-8,13H2,1H3. The number of anilines is 2. The van der Waals surface area contributed by atoms with E-state index in [4.69, 9.17) is 15.2 Å². The summed E-state index contributed by atoms with van der Waals surface area (Å²) >= 11 is 0. The van der Waals surface area contributed by atoms with Gasteiger partial charge in [-0.1, -0.05) is 0 Å². The van der Waals surface area contributed by atoms with Crippen LogP contribution in [0.5, 0.6) is 5.75 Å². The van der Waals surface area contributed by atoms with Gasteiger partial charge in [0, 0.05) is 12.6 Å². The number of ether oxygens (including phenoxy) is 2. The van der Waals surface area contributed by atoms with Crippen molar-refractivity contribution in [2.75, 3.05) is 44.1 Å². The number of nitrogens with zero attached hydrogens (tertiary/aromatic N) is 1. The third-order valence-corrected chi connectivity index (χ3v) is 2.98. The van der Waals surface area contributed by atoms with Crippen LogP contribution in [0.1, 0.15) is 0 Å². The minimum absolute atomic E-state index is 0.0283. The molecule has 2 rings (SSSR count). The van der Waals surface area contributed by atoms with Gasteiger partial charge in [-0.25, -0.2) is 0 Å². The summed E-state index contributed by atoms with van der Waals surface area (Å²) < 4.78 is 10.5. The molecule has 94 valence electrons. The highest BCUT2D eigenvalue weighted by Crippen LogP contribution is 2.29. The zero-order valence-corrected chi connectivity index (χ0v) is 9.93. The van der Waals surface area contributed by atoms with Crippen LogP contribution in [0, 0.1) is 0 Å². The number of hydrogen-bond donors (Lipinski definition) is 2. The molecule has 17 heavy (non-hydrogen) atoms. The molecule has 5 heteroatoms. The Morgan fingerprint density at radius 3 is 3.06 bits per heavy atom. The molecule has 3 N–H and O–H groups in total. The van der Waals surface area contributed by atoms with E-state index in [1.165, 1.54) is 0 Å². The minimum Gasteiger partial charge on any atom is -0.497 e. The normalized spacial score (nSPS) is 20.4. The molecule has 0 saturated carbocycles. The molecule has 0 aliphatic carbocycles. The molecular formula is C12H18N2O3. The highest BCUT2D eigenvalue weighted by Gasteiger charge is 2.23. The van der Waals surface area contributed by atoms with Gasteiger partial charge in [0.1, 0.15) is 5.75 Å². The quantitative estimate of drug-likeness (QED) is 0.749. The number of nitrogens with two attached hydrogens (primary N) is 1. The van der Waals surface area contributed by atoms with E-state index in [-0.39, 0.29) is 12.6 Å². The highest BCUT2D eigenvalue weighted by molar-refractivity contribution is 5.70. The van der Waals surface area contributed by atoms with Crippen LogP contribution < -0.4 is 15.4 Å². The molecule has 1 aliphatic rings. The maximum Gasteiger partial charge on any atom is 0.121 e. The van der Waals surface area contributed by atoms with E-state index >= 15 is 0 Å². The number of morpholine rings is 1. The van der Waals surface area contributed by atoms with E-state index in [2.05, 4.69) is 4.90 Å². The van der Waals surface area contributed by atoms with Crippen LogP contribution in [-0.4, -0.2) is 44.6 Å². The van der Waals surface area contributed by atoms with Crippen molar-refractivity contribution in [3.63, 3.8) is 0 Å². The summed E-state index contributed by atoms with van der Waals surface area (Å²) in [6, 6.07) is 5.55. The molecule has 0 aromatic heterocycles. The lowest BCUT2D eigenvalue weighted by Gasteiger charge is -2.37. The summed E-state index contributed by atoms with van der Waals surface area (Å²) in [6.07, 6.45) is 0. The maximum atomic E-state index is 9.33. The molecular weight excluding hydrogens is 220 g/mol. The first-order valence-corrected chi connectivity index (χ1v) is 5.65. The molecule has 1 heterocycles. The van der Waals surface area contributed by atoms with Crippen molar-refractivity contribution in [1.82, 2.24) is 0 Å². The van der Waals surface area contributed by atoms with Crippen LogP contribution in [0.2, 0.25) is 0 Å². The van der Waals surface area contributed by atoms with Gasteiger partial charge in [-0.05, 0) is 12.1 Å². The number of rotatable bonds is 3. The van der Waals surface area contributed by atoms with E-state index in [0.29, 0.717) is 18.9 Å². The summed E-state index contributed by atoms with van der Waals surface area (Å²) in [5, 5.41) is 9.33. The van der Waals surface area contributed by atoms with Crippen LogP contribution in [0.25, 0.3) is 0 Å². The van der Waals surface area contributed by atoms with Gasteiger partial charge in [-0.3, -0.25) is 0 Å². The van der Waals surface area contributed by atoms with Gasteiger partial charge < -0.3 is 25.2 Å². The van der Waals surface area contributed by atoms with Gasteiger partial charge in [-0.15, -0.1) is 0 Å². The van der Waals surface area contributed by atoms with Crippen molar-refractivity contribution in [2.45, 2.75) is 6.04 Å². The molecule has 1 aliphatic heterocycles. The maximum absolute atomic E-state index is 9.33. The number of nitrogen functional groups attached to an aromatic ring is 1. The van der Waals surface area contributed by atoms with E-state index in [1.807, 2.05) is 12.1 Å². The number of hydrogen-bond acceptors (Lipinski definition) is 5. The van der Waals surface area contributed by atoms with Gasteiger partial charge in [0.05, 0.1) is 44.3 Å². The lowest BCUT2D eigenvalue weighted by molar-refractivity contribution is 0.0728. The van der Waals surface area contributed by atoms with Gasteiger partial charge in [0.2, 0.25) is 0 Å². The van der Waals surface area contributed by atoms with Gasteiger partial charge in [-0.2, -0.15) is 0 Å². The molecule has 1 saturated heterocycles. The van der Waals surface area contributed by atoms with Crippen molar-refractivity contribution in [3.05, 3.63) is 18.2 Å². The van der Waals surface area contributed by atoms with Gasteiger partial charge >= 0.3 is 0 Å². The predicted octanol–water partition coefficient (Wildman–Crippen LogP) is 0.475. The summed E-state index contributed by atoms with van der Waals surface area (Å²) in [4.78, 5) is 2.08. The van der Waals surface area contributed by atoms with Crippen molar-refractivity contribution >= 4 is 11.4 Å². The summed E-state index contributed by atoms with van der Waals surface area (Å²) in [6.45, 7) is 1.98. The van der Waals surface area contributed by atoms with Crippen LogP contribution in [-0.2, 0) is 4.74 Å². The topological polar surface area (TPSA) is 68.0 Å². The second-order valence-electron chi connectivity index (χ2n) is 4.03. The van der Waals surface area contributed by atoms with Crippen molar-refractivity contribution in [3.8, 4) is 5.75 Å². The Balaban J connectivity index is 2.25. The average molecular weight is 238 g/mol. The van der Waals surface area contributed by atoms with Crippen LogP contribution in [0.15, 0.2) is 18.2 Å². The highest BCUT2D eigenvalue weighted by atomic mass is 16.5. The van der Waals surface area contributed by atoms with Crippen LogP contribution >= 0.6 is 0 Å². The predicted molar refractivity (Wildman–Crippen MR) is 66.4 cm³/mol. The fourth-order valence-electron chi connectivity index (χ4n) is 2.04. The molecule has 1 fully saturated rings. The molecule has 1 aromatic carbocycles. The number of aliphatic hydroxyl groups excluding tert-OH is 1. The van der Waals surface area contributed by atoms with E-state index in [1.54, 1.807) is 13.2 Å². The Kier molecular flexibility index (Phi) is 3.71. The van der Waals surface area contributed by atoms with Crippen molar-refractivity contribution < 1.29 is 14.6 Å². The summed E-state index contributed by atoms with van der Waals surface area (Å²) in [5.41, 5.74) is 7.58. The van der Waals surface area contributed by atoms with E-state index in [9.17, 15) is 5.11 Å². The first-order valence-electron chi connectivity index (χ1n) is 5.65. The SMILES string of the molecule is COc1ccc(N2CCOCC2CO)c(N)c1.